The van der Waals surface area contributed by atoms with Gasteiger partial charge in [0.05, 0.1) is 17.0 Å². The highest BCUT2D eigenvalue weighted by atomic mass is 16.6. The molecule has 0 aromatic heterocycles. The van der Waals surface area contributed by atoms with Gasteiger partial charge in [-0.15, -0.1) is 0 Å². The van der Waals surface area contributed by atoms with Crippen LogP contribution in [0.3, 0.4) is 0 Å². The van der Waals surface area contributed by atoms with Crippen LogP contribution in [-0.2, 0) is 16.0 Å². The molecule has 2 fully saturated rings. The number of rotatable bonds is 3. The summed E-state index contributed by atoms with van der Waals surface area (Å²) in [5.41, 5.74) is 0.551. The van der Waals surface area contributed by atoms with Gasteiger partial charge in [0.2, 0.25) is 11.8 Å². The molecule has 0 radical (unpaired) electrons. The Morgan fingerprint density at radius 2 is 1.88 bits per heavy atom. The first-order chi connectivity index (χ1) is 15.8. The quantitative estimate of drug-likeness (QED) is 0.438. The lowest BCUT2D eigenvalue weighted by atomic mass is 9.66. The molecule has 1 N–H and O–H groups in total. The number of nitro benzene ring substituents is 1. The number of nitrogens with one attached hydrogen (secondary N) is 1. The van der Waals surface area contributed by atoms with Crippen molar-refractivity contribution in [3.8, 4) is 0 Å². The maximum Gasteiger partial charge on any atom is 0.331 e. The van der Waals surface area contributed by atoms with Gasteiger partial charge in [0.1, 0.15) is 0 Å². The highest BCUT2D eigenvalue weighted by Crippen LogP contribution is 2.49. The van der Waals surface area contributed by atoms with Gasteiger partial charge in [0.25, 0.3) is 5.69 Å². The van der Waals surface area contributed by atoms with Crippen molar-refractivity contribution in [3.05, 3.63) is 69.8 Å². The molecule has 33 heavy (non-hydrogen) atoms. The van der Waals surface area contributed by atoms with Gasteiger partial charge < -0.3 is 4.90 Å². The summed E-state index contributed by atoms with van der Waals surface area (Å²) in [6.45, 7) is 2.40. The first-order valence-electron chi connectivity index (χ1n) is 11.1. The van der Waals surface area contributed by atoms with Crippen molar-refractivity contribution in [1.29, 1.82) is 0 Å². The third-order valence-corrected chi connectivity index (χ3v) is 7.24. The van der Waals surface area contributed by atoms with E-state index >= 15 is 0 Å². The Labute approximate surface area is 190 Å². The number of amides is 4. The summed E-state index contributed by atoms with van der Waals surface area (Å²) in [5, 5.41) is 13.8. The molecule has 3 atom stereocenters. The maximum atomic E-state index is 14.1. The lowest BCUT2D eigenvalue weighted by Gasteiger charge is -2.54. The van der Waals surface area contributed by atoms with Crippen molar-refractivity contribution in [1.82, 2.24) is 10.2 Å². The summed E-state index contributed by atoms with van der Waals surface area (Å²) in [6, 6.07) is 12.1. The third kappa shape index (κ3) is 3.10. The minimum Gasteiger partial charge on any atom is -0.367 e. The minimum absolute atomic E-state index is 0.0150. The van der Waals surface area contributed by atoms with Crippen LogP contribution in [-0.4, -0.2) is 40.3 Å². The monoisotopic (exact) mass is 448 g/mol. The van der Waals surface area contributed by atoms with E-state index in [0.717, 1.165) is 29.0 Å². The fourth-order valence-corrected chi connectivity index (χ4v) is 5.61. The van der Waals surface area contributed by atoms with Crippen LogP contribution in [0.1, 0.15) is 43.4 Å². The number of carbonyl (C=O) groups is 3. The number of non-ortho nitro benzene ring substituents is 1. The number of barbiturate groups is 1. The van der Waals surface area contributed by atoms with Crippen LogP contribution in [0.4, 0.5) is 16.2 Å². The number of benzene rings is 2. The zero-order chi connectivity index (χ0) is 23.3. The van der Waals surface area contributed by atoms with Crippen LogP contribution in [0.25, 0.3) is 0 Å². The molecule has 2 saturated heterocycles. The molecule has 3 aliphatic rings. The highest BCUT2D eigenvalue weighted by Gasteiger charge is 2.62. The minimum atomic E-state index is -1.53. The second-order valence-corrected chi connectivity index (χ2v) is 8.94. The molecule has 3 heterocycles. The average Bonchev–Trinajstić information content (AvgIpc) is 2.82. The van der Waals surface area contributed by atoms with Gasteiger partial charge in [-0.05, 0) is 43.4 Å². The van der Waals surface area contributed by atoms with Gasteiger partial charge in [-0.3, -0.25) is 29.9 Å². The number of nitro groups is 1. The van der Waals surface area contributed by atoms with E-state index in [4.69, 9.17) is 0 Å². The fraction of sp³-hybridized carbons (Fsp3) is 0.375. The Balaban J connectivity index is 1.64. The molecular formula is C24H24N4O5. The van der Waals surface area contributed by atoms with E-state index in [2.05, 4.69) is 5.32 Å². The third-order valence-electron chi connectivity index (χ3n) is 7.24. The van der Waals surface area contributed by atoms with Gasteiger partial charge >= 0.3 is 6.03 Å². The predicted octanol–water partition coefficient (Wildman–Crippen LogP) is 3.34. The number of anilines is 1. The smallest absolute Gasteiger partial charge is 0.331 e. The number of nitrogens with zero attached hydrogens (tertiary/aromatic N) is 3. The van der Waals surface area contributed by atoms with E-state index in [0.29, 0.717) is 18.5 Å². The summed E-state index contributed by atoms with van der Waals surface area (Å²) in [7, 11) is 0. The number of piperidine rings is 1. The van der Waals surface area contributed by atoms with Crippen LogP contribution in [0.15, 0.2) is 48.5 Å². The predicted molar refractivity (Wildman–Crippen MR) is 119 cm³/mol. The molecule has 2 aromatic carbocycles. The van der Waals surface area contributed by atoms with Crippen molar-refractivity contribution < 1.29 is 19.3 Å². The number of hydrogen-bond donors (Lipinski definition) is 1. The summed E-state index contributed by atoms with van der Waals surface area (Å²) in [6.07, 6.45) is 2.38. The van der Waals surface area contributed by atoms with Crippen molar-refractivity contribution in [2.24, 2.45) is 5.41 Å². The molecule has 0 bridgehead atoms. The van der Waals surface area contributed by atoms with E-state index in [1.807, 2.05) is 35.2 Å². The normalized spacial score (nSPS) is 25.4. The van der Waals surface area contributed by atoms with Crippen LogP contribution < -0.4 is 10.2 Å². The molecule has 2 aromatic rings. The van der Waals surface area contributed by atoms with Gasteiger partial charge in [-0.25, -0.2) is 4.79 Å². The van der Waals surface area contributed by atoms with E-state index in [1.165, 1.54) is 12.1 Å². The van der Waals surface area contributed by atoms with E-state index in [-0.39, 0.29) is 12.1 Å². The molecule has 0 saturated carbocycles. The first kappa shape index (κ1) is 21.1. The first-order valence-corrected chi connectivity index (χ1v) is 11.1. The van der Waals surface area contributed by atoms with Crippen molar-refractivity contribution >= 4 is 29.2 Å². The number of carbonyl (C=O) groups excluding carboxylic acids is 3. The standard InChI is InChI=1S/C24H24N4O5/c1-15(16-7-3-2-4-8-16)27-22(30)24(21(29)25-23(27)31)14-17-13-18(28(32)33)10-11-19(17)26-12-6-5-9-20(24)26/h2-4,7-8,10-11,13,15,20H,5-6,9,12,14H2,1H3,(H,25,29,31)/t15-,20+,24+/m0/s1. The molecule has 9 nitrogen and oxygen atoms in total. The summed E-state index contributed by atoms with van der Waals surface area (Å²) >= 11 is 0. The second kappa shape index (κ2) is 7.68. The Morgan fingerprint density at radius 3 is 2.61 bits per heavy atom. The van der Waals surface area contributed by atoms with Crippen LogP contribution in [0.2, 0.25) is 0 Å². The Hall–Kier alpha value is -3.75. The second-order valence-electron chi connectivity index (χ2n) is 8.94. The lowest BCUT2D eigenvalue weighted by Crippen LogP contribution is -2.72. The molecule has 4 amide bonds. The summed E-state index contributed by atoms with van der Waals surface area (Å²) < 4.78 is 0. The Kier molecular flexibility index (Phi) is 4.92. The molecule has 3 aliphatic heterocycles. The fourth-order valence-electron chi connectivity index (χ4n) is 5.61. The Morgan fingerprint density at radius 1 is 1.12 bits per heavy atom. The average molecular weight is 448 g/mol. The molecule has 170 valence electrons. The molecule has 9 heteroatoms. The van der Waals surface area contributed by atoms with Crippen molar-refractivity contribution in [2.75, 3.05) is 11.4 Å². The lowest BCUT2D eigenvalue weighted by molar-refractivity contribution is -0.384. The number of imide groups is 2. The molecular weight excluding hydrogens is 424 g/mol. The van der Waals surface area contributed by atoms with Gasteiger partial charge in [0, 0.05) is 30.8 Å². The number of hydrogen-bond acceptors (Lipinski definition) is 6. The number of fused-ring (bicyclic) bond motifs is 4. The molecule has 5 rings (SSSR count). The van der Waals surface area contributed by atoms with Gasteiger partial charge in [0.15, 0.2) is 5.41 Å². The molecule has 0 unspecified atom stereocenters. The van der Waals surface area contributed by atoms with Crippen LogP contribution >= 0.6 is 0 Å². The number of urea groups is 1. The Bertz CT molecular complexity index is 1170. The van der Waals surface area contributed by atoms with Crippen molar-refractivity contribution in [3.63, 3.8) is 0 Å². The van der Waals surface area contributed by atoms with Gasteiger partial charge in [-0.2, -0.15) is 0 Å². The summed E-state index contributed by atoms with van der Waals surface area (Å²) in [4.78, 5) is 54.5. The van der Waals surface area contributed by atoms with E-state index in [9.17, 15) is 24.5 Å². The molecule has 1 spiro atoms. The highest BCUT2D eigenvalue weighted by molar-refractivity contribution is 6.20. The van der Waals surface area contributed by atoms with Crippen molar-refractivity contribution in [2.45, 2.75) is 44.7 Å². The SMILES string of the molecule is C[C@@H](c1ccccc1)N1C(=O)NC(=O)[C@]2(Cc3cc([N+](=O)[O-])ccc3N3CCCC[C@@H]32)C1=O. The van der Waals surface area contributed by atoms with Gasteiger partial charge in [-0.1, -0.05) is 30.3 Å². The summed E-state index contributed by atoms with van der Waals surface area (Å²) in [5.74, 6) is -1.16. The van der Waals surface area contributed by atoms with Crippen LogP contribution in [0.5, 0.6) is 0 Å². The van der Waals surface area contributed by atoms with E-state index in [1.54, 1.807) is 13.0 Å². The van der Waals surface area contributed by atoms with Crippen LogP contribution in [0, 0.1) is 15.5 Å². The topological polar surface area (TPSA) is 113 Å². The zero-order valence-corrected chi connectivity index (χ0v) is 18.2. The van der Waals surface area contributed by atoms with E-state index < -0.39 is 40.3 Å². The zero-order valence-electron chi connectivity index (χ0n) is 18.2. The molecule has 0 aliphatic carbocycles. The maximum absolute atomic E-state index is 14.1. The largest absolute Gasteiger partial charge is 0.367 e.